The lowest BCUT2D eigenvalue weighted by Crippen LogP contribution is -2.47. The number of hydrogen-bond donors (Lipinski definition) is 2. The molecule has 1 aliphatic rings. The van der Waals surface area contributed by atoms with Crippen LogP contribution in [0.3, 0.4) is 0 Å². The summed E-state index contributed by atoms with van der Waals surface area (Å²) in [5, 5.41) is 10.1. The molecule has 1 fully saturated rings. The molecule has 1 unspecified atom stereocenters. The molecule has 4 heteroatoms. The summed E-state index contributed by atoms with van der Waals surface area (Å²) in [7, 11) is 0. The average molecular weight is 225 g/mol. The Morgan fingerprint density at radius 1 is 1.67 bits per heavy atom. The summed E-state index contributed by atoms with van der Waals surface area (Å²) in [4.78, 5) is 4.26. The monoisotopic (exact) mass is 225 g/mol. The van der Waals surface area contributed by atoms with Crippen LogP contribution in [0.2, 0.25) is 0 Å². The highest BCUT2D eigenvalue weighted by atomic mass is 32.1. The van der Waals surface area contributed by atoms with Gasteiger partial charge in [0.25, 0.3) is 0 Å². The summed E-state index contributed by atoms with van der Waals surface area (Å²) >= 11 is 1.74. The van der Waals surface area contributed by atoms with Gasteiger partial charge in [0, 0.05) is 24.5 Å². The average Bonchev–Trinajstić information content (AvgIpc) is 2.62. The molecule has 3 nitrogen and oxygen atoms in total. The molecule has 0 saturated carbocycles. The van der Waals surface area contributed by atoms with Crippen LogP contribution in [0.4, 0.5) is 0 Å². The van der Waals surface area contributed by atoms with Gasteiger partial charge in [-0.1, -0.05) is 6.92 Å². The SMILES string of the molecule is CC(CNCCc1nccs1)C1CNC1. The Balaban J connectivity index is 1.54. The maximum absolute atomic E-state index is 4.26. The summed E-state index contributed by atoms with van der Waals surface area (Å²) in [5.41, 5.74) is 0. The van der Waals surface area contributed by atoms with Crippen molar-refractivity contribution in [2.75, 3.05) is 26.2 Å². The van der Waals surface area contributed by atoms with Gasteiger partial charge in [-0.2, -0.15) is 0 Å². The van der Waals surface area contributed by atoms with Gasteiger partial charge in [0.15, 0.2) is 0 Å². The molecule has 0 aromatic carbocycles. The smallest absolute Gasteiger partial charge is 0.0937 e. The van der Waals surface area contributed by atoms with E-state index in [4.69, 9.17) is 0 Å². The minimum Gasteiger partial charge on any atom is -0.316 e. The number of nitrogens with one attached hydrogen (secondary N) is 2. The van der Waals surface area contributed by atoms with Crippen LogP contribution >= 0.6 is 11.3 Å². The lowest BCUT2D eigenvalue weighted by molar-refractivity contribution is 0.243. The van der Waals surface area contributed by atoms with Crippen molar-refractivity contribution in [2.45, 2.75) is 13.3 Å². The van der Waals surface area contributed by atoms with Crippen molar-refractivity contribution in [3.63, 3.8) is 0 Å². The Bertz CT molecular complexity index is 269. The van der Waals surface area contributed by atoms with Crippen LogP contribution in [-0.4, -0.2) is 31.2 Å². The van der Waals surface area contributed by atoms with E-state index in [-0.39, 0.29) is 0 Å². The van der Waals surface area contributed by atoms with Crippen LogP contribution in [0.5, 0.6) is 0 Å². The molecule has 84 valence electrons. The number of thiazole rings is 1. The molecule has 2 rings (SSSR count). The van der Waals surface area contributed by atoms with Crippen molar-refractivity contribution in [3.05, 3.63) is 16.6 Å². The first-order valence-electron chi connectivity index (χ1n) is 5.66. The fourth-order valence-electron chi connectivity index (χ4n) is 1.78. The summed E-state index contributed by atoms with van der Waals surface area (Å²) in [6.07, 6.45) is 2.94. The molecular weight excluding hydrogens is 206 g/mol. The molecule has 2 heterocycles. The zero-order valence-electron chi connectivity index (χ0n) is 9.20. The van der Waals surface area contributed by atoms with E-state index >= 15 is 0 Å². The summed E-state index contributed by atoms with van der Waals surface area (Å²) in [5.74, 6) is 1.68. The highest BCUT2D eigenvalue weighted by Gasteiger charge is 2.22. The zero-order chi connectivity index (χ0) is 10.5. The van der Waals surface area contributed by atoms with Crippen LogP contribution in [0, 0.1) is 11.8 Å². The number of nitrogens with zero attached hydrogens (tertiary/aromatic N) is 1. The molecule has 0 bridgehead atoms. The standard InChI is InChI=1S/C11H19N3S/c1-9(10-7-13-8-10)6-12-3-2-11-14-4-5-15-11/h4-5,9-10,12-13H,2-3,6-8H2,1H3. The van der Waals surface area contributed by atoms with Gasteiger partial charge < -0.3 is 10.6 Å². The molecule has 15 heavy (non-hydrogen) atoms. The Morgan fingerprint density at radius 2 is 2.53 bits per heavy atom. The topological polar surface area (TPSA) is 37.0 Å². The third-order valence-electron chi connectivity index (χ3n) is 3.08. The van der Waals surface area contributed by atoms with Gasteiger partial charge in [-0.3, -0.25) is 0 Å². The maximum Gasteiger partial charge on any atom is 0.0937 e. The van der Waals surface area contributed by atoms with Gasteiger partial charge >= 0.3 is 0 Å². The largest absolute Gasteiger partial charge is 0.316 e. The zero-order valence-corrected chi connectivity index (χ0v) is 10.0. The highest BCUT2D eigenvalue weighted by Crippen LogP contribution is 2.14. The van der Waals surface area contributed by atoms with Crippen LogP contribution < -0.4 is 10.6 Å². The minimum atomic E-state index is 0.794. The third-order valence-corrected chi connectivity index (χ3v) is 3.92. The molecule has 1 aromatic heterocycles. The predicted molar refractivity (Wildman–Crippen MR) is 64.2 cm³/mol. The summed E-state index contributed by atoms with van der Waals surface area (Å²) in [6, 6.07) is 0. The number of rotatable bonds is 6. The van der Waals surface area contributed by atoms with Crippen molar-refractivity contribution >= 4 is 11.3 Å². The summed E-state index contributed by atoms with van der Waals surface area (Å²) < 4.78 is 0. The summed E-state index contributed by atoms with van der Waals surface area (Å²) in [6.45, 7) is 6.93. The molecular formula is C11H19N3S. The first-order chi connectivity index (χ1) is 7.36. The lowest BCUT2D eigenvalue weighted by Gasteiger charge is -2.32. The third kappa shape index (κ3) is 3.26. The van der Waals surface area contributed by atoms with Crippen LogP contribution in [0.15, 0.2) is 11.6 Å². The Labute approximate surface area is 95.3 Å². The van der Waals surface area contributed by atoms with E-state index in [2.05, 4.69) is 22.5 Å². The first-order valence-corrected chi connectivity index (χ1v) is 6.54. The molecule has 0 radical (unpaired) electrons. The second-order valence-corrected chi connectivity index (χ2v) is 5.25. The molecule has 1 saturated heterocycles. The van der Waals surface area contributed by atoms with Crippen molar-refractivity contribution in [3.8, 4) is 0 Å². The van der Waals surface area contributed by atoms with E-state index in [0.29, 0.717) is 0 Å². The molecule has 2 N–H and O–H groups in total. The number of hydrogen-bond acceptors (Lipinski definition) is 4. The van der Waals surface area contributed by atoms with Crippen molar-refractivity contribution in [1.29, 1.82) is 0 Å². The van der Waals surface area contributed by atoms with Crippen molar-refractivity contribution in [1.82, 2.24) is 15.6 Å². The van der Waals surface area contributed by atoms with Crippen LogP contribution in [-0.2, 0) is 6.42 Å². The Morgan fingerprint density at radius 3 is 3.13 bits per heavy atom. The van der Waals surface area contributed by atoms with Gasteiger partial charge in [0.2, 0.25) is 0 Å². The Hall–Kier alpha value is -0.450. The van der Waals surface area contributed by atoms with Crippen molar-refractivity contribution in [2.24, 2.45) is 11.8 Å². The van der Waals surface area contributed by atoms with Gasteiger partial charge in [-0.05, 0) is 31.5 Å². The minimum absolute atomic E-state index is 0.794. The number of aromatic nitrogens is 1. The quantitative estimate of drug-likeness (QED) is 0.713. The second-order valence-electron chi connectivity index (χ2n) is 4.28. The van der Waals surface area contributed by atoms with Gasteiger partial charge in [0.1, 0.15) is 0 Å². The highest BCUT2D eigenvalue weighted by molar-refractivity contribution is 7.09. The molecule has 0 aliphatic carbocycles. The second kappa shape index (κ2) is 5.58. The van der Waals surface area contributed by atoms with E-state index in [1.165, 1.54) is 18.1 Å². The van der Waals surface area contributed by atoms with Crippen molar-refractivity contribution < 1.29 is 0 Å². The maximum atomic E-state index is 4.26. The molecule has 1 atom stereocenters. The van der Waals surface area contributed by atoms with Crippen LogP contribution in [0.1, 0.15) is 11.9 Å². The van der Waals surface area contributed by atoms with E-state index in [1.54, 1.807) is 11.3 Å². The molecule has 0 amide bonds. The van der Waals surface area contributed by atoms with Crippen LogP contribution in [0.25, 0.3) is 0 Å². The molecule has 1 aliphatic heterocycles. The normalized spacial score (nSPS) is 18.7. The van der Waals surface area contributed by atoms with Gasteiger partial charge in [0.05, 0.1) is 5.01 Å². The lowest BCUT2D eigenvalue weighted by atomic mass is 9.89. The van der Waals surface area contributed by atoms with E-state index in [0.717, 1.165) is 31.3 Å². The predicted octanol–water partition coefficient (Wildman–Crippen LogP) is 1.13. The van der Waals surface area contributed by atoms with Gasteiger partial charge in [-0.25, -0.2) is 4.98 Å². The van der Waals surface area contributed by atoms with E-state index in [1.807, 2.05) is 11.6 Å². The van der Waals surface area contributed by atoms with Gasteiger partial charge in [-0.15, -0.1) is 11.3 Å². The molecule has 0 spiro atoms. The first kappa shape index (κ1) is 11.0. The molecule has 1 aromatic rings. The van der Waals surface area contributed by atoms with E-state index in [9.17, 15) is 0 Å². The van der Waals surface area contributed by atoms with E-state index < -0.39 is 0 Å². The fourth-order valence-corrected chi connectivity index (χ4v) is 2.40. The fraction of sp³-hybridized carbons (Fsp3) is 0.727. The Kier molecular flexibility index (Phi) is 4.11.